The maximum absolute atomic E-state index is 11.7. The van der Waals surface area contributed by atoms with Gasteiger partial charge in [-0.3, -0.25) is 4.79 Å². The van der Waals surface area contributed by atoms with Gasteiger partial charge >= 0.3 is 0 Å². The summed E-state index contributed by atoms with van der Waals surface area (Å²) in [5.41, 5.74) is 4.18. The summed E-state index contributed by atoms with van der Waals surface area (Å²) >= 11 is 3.56. The molecule has 1 amide bonds. The topological polar surface area (TPSA) is 38.3 Å². The normalized spacial score (nSPS) is 10.4. The van der Waals surface area contributed by atoms with E-state index >= 15 is 0 Å². The van der Waals surface area contributed by atoms with Crippen LogP contribution in [0.1, 0.15) is 37.0 Å². The third kappa shape index (κ3) is 4.58. The van der Waals surface area contributed by atoms with Gasteiger partial charge in [-0.2, -0.15) is 0 Å². The molecule has 0 radical (unpaired) electrons. The Bertz CT molecular complexity index is 698. The van der Waals surface area contributed by atoms with E-state index in [1.807, 2.05) is 38.1 Å². The molecule has 122 valence electrons. The zero-order chi connectivity index (χ0) is 16.8. The van der Waals surface area contributed by atoms with Crippen LogP contribution >= 0.6 is 15.9 Å². The Labute approximate surface area is 146 Å². The number of ether oxygens (including phenoxy) is 1. The van der Waals surface area contributed by atoms with Crippen LogP contribution in [0, 0.1) is 6.92 Å². The van der Waals surface area contributed by atoms with E-state index in [1.165, 1.54) is 5.56 Å². The standard InChI is InChI=1S/C19H22BrNO2/c1-4-14-9-10-18(16(20)11-14)23-12-15-13(3)7-6-8-17(15)21-19(22)5-2/h6-11H,4-5,12H2,1-3H3,(H,21,22). The van der Waals surface area contributed by atoms with E-state index in [2.05, 4.69) is 40.3 Å². The summed E-state index contributed by atoms with van der Waals surface area (Å²) in [6.45, 7) is 6.40. The van der Waals surface area contributed by atoms with Gasteiger partial charge in [0, 0.05) is 17.7 Å². The van der Waals surface area contributed by atoms with Crippen molar-refractivity contribution in [2.45, 2.75) is 40.2 Å². The molecule has 4 heteroatoms. The Hall–Kier alpha value is -1.81. The van der Waals surface area contributed by atoms with E-state index in [0.717, 1.165) is 33.5 Å². The number of rotatable bonds is 6. The number of halogens is 1. The SMILES string of the molecule is CCC(=O)Nc1cccc(C)c1COc1ccc(CC)cc1Br. The highest BCUT2D eigenvalue weighted by Gasteiger charge is 2.10. The number of anilines is 1. The molecule has 0 atom stereocenters. The number of hydrogen-bond donors (Lipinski definition) is 1. The lowest BCUT2D eigenvalue weighted by molar-refractivity contribution is -0.115. The Morgan fingerprint density at radius 1 is 1.22 bits per heavy atom. The van der Waals surface area contributed by atoms with E-state index < -0.39 is 0 Å². The van der Waals surface area contributed by atoms with Crippen LogP contribution in [-0.2, 0) is 17.8 Å². The van der Waals surface area contributed by atoms with Crippen molar-refractivity contribution in [3.05, 3.63) is 57.6 Å². The second-order valence-corrected chi connectivity index (χ2v) is 6.26. The molecule has 0 spiro atoms. The van der Waals surface area contributed by atoms with Crippen LogP contribution < -0.4 is 10.1 Å². The Morgan fingerprint density at radius 2 is 2.00 bits per heavy atom. The van der Waals surface area contributed by atoms with Gasteiger partial charge in [-0.25, -0.2) is 0 Å². The number of aryl methyl sites for hydroxylation is 2. The first-order valence-corrected chi connectivity index (χ1v) is 8.64. The van der Waals surface area contributed by atoms with E-state index in [9.17, 15) is 4.79 Å². The molecule has 2 aromatic rings. The minimum Gasteiger partial charge on any atom is -0.488 e. The van der Waals surface area contributed by atoms with Crippen molar-refractivity contribution in [3.63, 3.8) is 0 Å². The van der Waals surface area contributed by atoms with Gasteiger partial charge < -0.3 is 10.1 Å². The average Bonchev–Trinajstić information content (AvgIpc) is 2.55. The molecule has 2 aromatic carbocycles. The molecule has 1 N–H and O–H groups in total. The van der Waals surface area contributed by atoms with Gasteiger partial charge in [0.25, 0.3) is 0 Å². The fraction of sp³-hybridized carbons (Fsp3) is 0.316. The maximum atomic E-state index is 11.7. The molecule has 0 heterocycles. The largest absolute Gasteiger partial charge is 0.488 e. The quantitative estimate of drug-likeness (QED) is 0.748. The van der Waals surface area contributed by atoms with Crippen molar-refractivity contribution in [1.82, 2.24) is 0 Å². The van der Waals surface area contributed by atoms with Crippen LogP contribution in [0.3, 0.4) is 0 Å². The summed E-state index contributed by atoms with van der Waals surface area (Å²) in [7, 11) is 0. The fourth-order valence-electron chi connectivity index (χ4n) is 2.28. The molecular weight excluding hydrogens is 354 g/mol. The zero-order valence-corrected chi connectivity index (χ0v) is 15.4. The minimum atomic E-state index is 0.00493. The Balaban J connectivity index is 2.18. The predicted octanol–water partition coefficient (Wildman–Crippen LogP) is 5.25. The lowest BCUT2D eigenvalue weighted by Crippen LogP contribution is -2.13. The second-order valence-electron chi connectivity index (χ2n) is 5.41. The number of nitrogens with one attached hydrogen (secondary N) is 1. The summed E-state index contributed by atoms with van der Waals surface area (Å²) in [6, 6.07) is 12.0. The van der Waals surface area contributed by atoms with Crippen molar-refractivity contribution in [1.29, 1.82) is 0 Å². The van der Waals surface area contributed by atoms with Gasteiger partial charge in [0.05, 0.1) is 4.47 Å². The Morgan fingerprint density at radius 3 is 2.65 bits per heavy atom. The van der Waals surface area contributed by atoms with Gasteiger partial charge in [-0.05, 0) is 58.6 Å². The fourth-order valence-corrected chi connectivity index (χ4v) is 2.82. The molecule has 0 aliphatic rings. The molecule has 0 saturated carbocycles. The third-order valence-electron chi connectivity index (χ3n) is 3.78. The average molecular weight is 376 g/mol. The zero-order valence-electron chi connectivity index (χ0n) is 13.8. The molecule has 0 saturated heterocycles. The van der Waals surface area contributed by atoms with Gasteiger partial charge in [-0.1, -0.05) is 32.0 Å². The van der Waals surface area contributed by atoms with Crippen molar-refractivity contribution in [2.24, 2.45) is 0 Å². The van der Waals surface area contributed by atoms with Gasteiger partial charge in [0.1, 0.15) is 12.4 Å². The summed E-state index contributed by atoms with van der Waals surface area (Å²) in [4.78, 5) is 11.7. The van der Waals surface area contributed by atoms with Crippen molar-refractivity contribution in [3.8, 4) is 5.75 Å². The number of benzene rings is 2. The molecule has 3 nitrogen and oxygen atoms in total. The second kappa shape index (κ2) is 8.16. The minimum absolute atomic E-state index is 0.00493. The molecule has 0 aliphatic heterocycles. The lowest BCUT2D eigenvalue weighted by atomic mass is 10.1. The molecular formula is C19H22BrNO2. The van der Waals surface area contributed by atoms with E-state index in [4.69, 9.17) is 4.74 Å². The molecule has 0 aliphatic carbocycles. The van der Waals surface area contributed by atoms with Gasteiger partial charge in [0.15, 0.2) is 0 Å². The van der Waals surface area contributed by atoms with Gasteiger partial charge in [-0.15, -0.1) is 0 Å². The van der Waals surface area contributed by atoms with Crippen molar-refractivity contribution in [2.75, 3.05) is 5.32 Å². The summed E-state index contributed by atoms with van der Waals surface area (Å²) in [5.74, 6) is 0.809. The maximum Gasteiger partial charge on any atom is 0.224 e. The molecule has 2 rings (SSSR count). The molecule has 0 fully saturated rings. The lowest BCUT2D eigenvalue weighted by Gasteiger charge is -2.15. The van der Waals surface area contributed by atoms with Gasteiger partial charge in [0.2, 0.25) is 5.91 Å². The number of carbonyl (C=O) groups is 1. The highest BCUT2D eigenvalue weighted by molar-refractivity contribution is 9.10. The van der Waals surface area contributed by atoms with Crippen LogP contribution in [0.15, 0.2) is 40.9 Å². The van der Waals surface area contributed by atoms with Crippen LogP contribution in [0.4, 0.5) is 5.69 Å². The first kappa shape index (κ1) is 17.5. The number of amides is 1. The molecule has 0 unspecified atom stereocenters. The molecule has 0 aromatic heterocycles. The van der Waals surface area contributed by atoms with E-state index in [1.54, 1.807) is 0 Å². The summed E-state index contributed by atoms with van der Waals surface area (Å²) < 4.78 is 6.91. The van der Waals surface area contributed by atoms with Crippen LogP contribution in [0.25, 0.3) is 0 Å². The van der Waals surface area contributed by atoms with E-state index in [0.29, 0.717) is 13.0 Å². The summed E-state index contributed by atoms with van der Waals surface area (Å²) in [6.07, 6.45) is 1.45. The first-order valence-electron chi connectivity index (χ1n) is 7.84. The highest BCUT2D eigenvalue weighted by Crippen LogP contribution is 2.28. The van der Waals surface area contributed by atoms with Crippen molar-refractivity contribution < 1.29 is 9.53 Å². The Kier molecular flexibility index (Phi) is 6.22. The van der Waals surface area contributed by atoms with Crippen LogP contribution in [0.5, 0.6) is 5.75 Å². The molecule has 0 bridgehead atoms. The van der Waals surface area contributed by atoms with E-state index in [-0.39, 0.29) is 5.91 Å². The smallest absolute Gasteiger partial charge is 0.224 e. The highest BCUT2D eigenvalue weighted by atomic mass is 79.9. The van der Waals surface area contributed by atoms with Crippen molar-refractivity contribution >= 4 is 27.5 Å². The number of carbonyl (C=O) groups excluding carboxylic acids is 1. The monoisotopic (exact) mass is 375 g/mol. The molecule has 23 heavy (non-hydrogen) atoms. The van der Waals surface area contributed by atoms with Crippen LogP contribution in [-0.4, -0.2) is 5.91 Å². The number of hydrogen-bond acceptors (Lipinski definition) is 2. The first-order chi connectivity index (χ1) is 11.0. The predicted molar refractivity (Wildman–Crippen MR) is 98.0 cm³/mol. The van der Waals surface area contributed by atoms with Crippen LogP contribution in [0.2, 0.25) is 0 Å². The third-order valence-corrected chi connectivity index (χ3v) is 4.40. The summed E-state index contributed by atoms with van der Waals surface area (Å²) in [5, 5.41) is 2.94.